The van der Waals surface area contributed by atoms with Crippen molar-refractivity contribution in [3.63, 3.8) is 0 Å². The monoisotopic (exact) mass is 744 g/mol. The highest BCUT2D eigenvalue weighted by Gasteiger charge is 2.51. The van der Waals surface area contributed by atoms with E-state index in [0.717, 1.165) is 56.8 Å². The van der Waals surface area contributed by atoms with Gasteiger partial charge in [0.2, 0.25) is 0 Å². The topological polar surface area (TPSA) is 44.7 Å². The fraction of sp³-hybridized carbons (Fsp3) is 0.280. The van der Waals surface area contributed by atoms with E-state index in [1.165, 1.54) is 66.8 Å². The van der Waals surface area contributed by atoms with Gasteiger partial charge in [0, 0.05) is 22.2 Å². The predicted molar refractivity (Wildman–Crippen MR) is 231 cm³/mol. The van der Waals surface area contributed by atoms with Gasteiger partial charge in [0.25, 0.3) is 0 Å². The summed E-state index contributed by atoms with van der Waals surface area (Å²) in [6, 6.07) is 27.1. The third-order valence-electron chi connectivity index (χ3n) is 12.3. The molecule has 0 aliphatic heterocycles. The van der Waals surface area contributed by atoms with E-state index in [-0.39, 0.29) is 11.1 Å². The van der Waals surface area contributed by atoms with Crippen molar-refractivity contribution in [2.24, 2.45) is 0 Å². The third-order valence-corrected chi connectivity index (χ3v) is 16.5. The highest BCUT2D eigenvalue weighted by atomic mass is 28.3. The van der Waals surface area contributed by atoms with Crippen molar-refractivity contribution >= 4 is 31.4 Å². The molecule has 2 unspecified atom stereocenters. The Kier molecular flexibility index (Phi) is 9.00. The first kappa shape index (κ1) is 36.7. The highest BCUT2D eigenvalue weighted by molar-refractivity contribution is 6.84. The zero-order chi connectivity index (χ0) is 39.1. The summed E-state index contributed by atoms with van der Waals surface area (Å²) in [5.74, 6) is 5.65. The van der Waals surface area contributed by atoms with E-state index in [0.29, 0.717) is 0 Å². The molecule has 0 spiro atoms. The minimum absolute atomic E-state index is 0.151. The van der Waals surface area contributed by atoms with Gasteiger partial charge in [0.1, 0.15) is 34.5 Å². The van der Waals surface area contributed by atoms with Crippen LogP contribution in [0.3, 0.4) is 0 Å². The number of fused-ring (bicyclic) bond motifs is 2. The molecule has 2 aliphatic rings. The molecule has 0 bridgehead atoms. The Labute approximate surface area is 327 Å². The van der Waals surface area contributed by atoms with Crippen LogP contribution in [-0.2, 0) is 0 Å². The molecule has 2 atom stereocenters. The first-order valence-electron chi connectivity index (χ1n) is 19.4. The zero-order valence-corrected chi connectivity index (χ0v) is 35.4. The van der Waals surface area contributed by atoms with Gasteiger partial charge in [-0.1, -0.05) is 37.4 Å². The summed E-state index contributed by atoms with van der Waals surface area (Å²) in [5, 5.41) is 0. The van der Waals surface area contributed by atoms with Crippen molar-refractivity contribution in [3.8, 4) is 33.8 Å². The van der Waals surface area contributed by atoms with Gasteiger partial charge in [-0.25, -0.2) is 0 Å². The fourth-order valence-corrected chi connectivity index (χ4v) is 14.6. The molecule has 2 aliphatic carbocycles. The van der Waals surface area contributed by atoms with E-state index >= 15 is 0 Å². The van der Waals surface area contributed by atoms with Gasteiger partial charge in [-0.15, -0.1) is 0 Å². The molecule has 4 aromatic carbocycles. The van der Waals surface area contributed by atoms with Crippen LogP contribution >= 0.6 is 0 Å². The van der Waals surface area contributed by atoms with E-state index in [2.05, 4.69) is 140 Å². The fourth-order valence-electron chi connectivity index (χ4n) is 10.1. The maximum Gasteiger partial charge on any atom is 0.130 e. The lowest BCUT2D eigenvalue weighted by Gasteiger charge is -2.39. The van der Waals surface area contributed by atoms with Crippen LogP contribution in [0.5, 0.6) is 11.5 Å². The molecule has 2 heterocycles. The summed E-state index contributed by atoms with van der Waals surface area (Å²) in [4.78, 5) is 0. The van der Waals surface area contributed by atoms with Gasteiger partial charge in [-0.2, -0.15) is 0 Å². The van der Waals surface area contributed by atoms with Gasteiger partial charge in [-0.05, 0) is 194 Å². The van der Waals surface area contributed by atoms with Crippen molar-refractivity contribution < 1.29 is 18.3 Å². The number of aryl methyl sites for hydroxylation is 8. The summed E-state index contributed by atoms with van der Waals surface area (Å²) >= 11 is 0. The van der Waals surface area contributed by atoms with Gasteiger partial charge in [0.15, 0.2) is 0 Å². The molecule has 4 nitrogen and oxygen atoms in total. The molecule has 280 valence electrons. The number of rotatable bonds is 8. The average molecular weight is 745 g/mol. The Morgan fingerprint density at radius 2 is 0.836 bits per heavy atom. The van der Waals surface area contributed by atoms with Gasteiger partial charge < -0.3 is 18.3 Å². The smallest absolute Gasteiger partial charge is 0.130 e. The number of benzene rings is 4. The molecule has 55 heavy (non-hydrogen) atoms. The number of furan rings is 2. The summed E-state index contributed by atoms with van der Waals surface area (Å²) in [6.45, 7) is 22.3. The van der Waals surface area contributed by atoms with Crippen molar-refractivity contribution in [1.29, 1.82) is 0 Å². The van der Waals surface area contributed by atoms with Gasteiger partial charge in [0.05, 0.1) is 22.3 Å². The van der Waals surface area contributed by atoms with Crippen molar-refractivity contribution in [2.75, 3.05) is 14.2 Å². The Balaban J connectivity index is 1.37. The summed E-state index contributed by atoms with van der Waals surface area (Å²) in [5.41, 5.74) is 20.3. The number of hydrogen-bond acceptors (Lipinski definition) is 4. The van der Waals surface area contributed by atoms with Crippen molar-refractivity contribution in [3.05, 3.63) is 151 Å². The van der Waals surface area contributed by atoms with Gasteiger partial charge in [-0.3, -0.25) is 0 Å². The van der Waals surface area contributed by atoms with E-state index in [9.17, 15) is 0 Å². The average Bonchev–Trinajstić information content (AvgIpc) is 3.92. The molecule has 6 aromatic rings. The lowest BCUT2D eigenvalue weighted by Crippen LogP contribution is -2.42. The molecule has 0 saturated heterocycles. The number of allylic oxidation sites excluding steroid dienone is 2. The first-order chi connectivity index (χ1) is 26.2. The first-order valence-corrected chi connectivity index (χ1v) is 22.5. The molecule has 8 rings (SSSR count). The van der Waals surface area contributed by atoms with E-state index in [4.69, 9.17) is 18.3 Å². The summed E-state index contributed by atoms with van der Waals surface area (Å²) < 4.78 is 24.7. The van der Waals surface area contributed by atoms with Crippen LogP contribution in [0.25, 0.3) is 45.6 Å². The predicted octanol–water partition coefficient (Wildman–Crippen LogP) is 13.5. The van der Waals surface area contributed by atoms with Crippen LogP contribution < -0.4 is 9.47 Å². The molecular formula is C50H52O4Si. The minimum Gasteiger partial charge on any atom is -0.496 e. The summed E-state index contributed by atoms with van der Waals surface area (Å²) in [7, 11) is 1.05. The number of hydrogen-bond donors (Lipinski definition) is 0. The second kappa shape index (κ2) is 13.5. The number of ether oxygens (including phenoxy) is 2. The molecule has 0 saturated carbocycles. The minimum atomic E-state index is -2.47. The SMILES string of the molecule is COc1c(C)cc(-c2c(C)ccc3c2C=C(c2ccc(C)o2)C3[Si](C)(C)C2C(c3ccc(C)o3)=Cc3c2ccc(C)c3-c2cc(C)c(OC)c(C)c2)cc1C. The lowest BCUT2D eigenvalue weighted by molar-refractivity contribution is 0.408. The molecule has 2 aromatic heterocycles. The Morgan fingerprint density at radius 1 is 0.473 bits per heavy atom. The molecule has 0 amide bonds. The lowest BCUT2D eigenvalue weighted by atomic mass is 9.90. The third kappa shape index (κ3) is 5.86. The van der Waals surface area contributed by atoms with Crippen LogP contribution in [0.15, 0.2) is 81.6 Å². The second-order valence-corrected chi connectivity index (χ2v) is 21.3. The molecular weight excluding hydrogens is 693 g/mol. The Hall–Kier alpha value is -5.26. The van der Waals surface area contributed by atoms with Crippen LogP contribution in [0.4, 0.5) is 0 Å². The van der Waals surface area contributed by atoms with Crippen molar-refractivity contribution in [2.45, 2.75) is 79.6 Å². The second-order valence-electron chi connectivity index (χ2n) is 16.5. The van der Waals surface area contributed by atoms with Crippen LogP contribution in [0.1, 0.15) is 89.8 Å². The highest BCUT2D eigenvalue weighted by Crippen LogP contribution is 2.59. The zero-order valence-electron chi connectivity index (χ0n) is 34.4. The largest absolute Gasteiger partial charge is 0.496 e. The standard InChI is InChI=1S/C50H52O4Si/c1-27-13-17-37-39(45(27)35-21-29(3)47(51-9)30(4)22-35)25-41(43-19-15-33(7)53-43)49(37)55(11,12)50-38-18-14-28(2)46(36-23-31(5)48(52-10)32(6)24-36)40(38)26-42(50)44-20-16-34(8)54-44/h13-26,49-50H,1-12H3. The van der Waals surface area contributed by atoms with Crippen molar-refractivity contribution in [1.82, 2.24) is 0 Å². The maximum atomic E-state index is 6.54. The molecule has 5 heteroatoms. The van der Waals surface area contributed by atoms with Crippen LogP contribution in [0, 0.1) is 55.4 Å². The maximum absolute atomic E-state index is 6.54. The normalized spacial score (nSPS) is 16.2. The summed E-state index contributed by atoms with van der Waals surface area (Å²) in [6.07, 6.45) is 4.90. The quantitative estimate of drug-likeness (QED) is 0.146. The Bertz CT molecular complexity index is 2370. The Morgan fingerprint density at radius 3 is 1.15 bits per heavy atom. The van der Waals surface area contributed by atoms with Crippen LogP contribution in [-0.4, -0.2) is 22.3 Å². The molecule has 0 fully saturated rings. The van der Waals surface area contributed by atoms with E-state index in [1.807, 2.05) is 13.8 Å². The molecule has 0 radical (unpaired) electrons. The van der Waals surface area contributed by atoms with Crippen LogP contribution in [0.2, 0.25) is 13.1 Å². The van der Waals surface area contributed by atoms with Gasteiger partial charge >= 0.3 is 0 Å². The number of methoxy groups -OCH3 is 2. The van der Waals surface area contributed by atoms with E-state index in [1.54, 1.807) is 14.2 Å². The molecule has 0 N–H and O–H groups in total. The van der Waals surface area contributed by atoms with E-state index < -0.39 is 8.07 Å².